The van der Waals surface area contributed by atoms with Crippen LogP contribution in [0.5, 0.6) is 23.0 Å². The minimum atomic E-state index is -0.273. The third-order valence-electron chi connectivity index (χ3n) is 4.06. The van der Waals surface area contributed by atoms with Gasteiger partial charge in [-0.25, -0.2) is 0 Å². The largest absolute Gasteiger partial charge is 0.497 e. The third-order valence-corrected chi connectivity index (χ3v) is 4.06. The van der Waals surface area contributed by atoms with Crippen LogP contribution in [0.2, 0.25) is 0 Å². The lowest BCUT2D eigenvalue weighted by Crippen LogP contribution is -2.27. The van der Waals surface area contributed by atoms with E-state index in [0.717, 1.165) is 5.56 Å². The van der Waals surface area contributed by atoms with Crippen molar-refractivity contribution in [3.8, 4) is 23.0 Å². The predicted octanol–water partition coefficient (Wildman–Crippen LogP) is 3.99. The van der Waals surface area contributed by atoms with E-state index in [1.54, 1.807) is 32.4 Å². The fraction of sp³-hybridized carbons (Fsp3) is 0.381. The number of rotatable bonds is 9. The number of amides is 1. The molecule has 0 fully saturated rings. The number of hydrogen-bond donors (Lipinski definition) is 1. The molecule has 0 aliphatic rings. The Hall–Kier alpha value is -2.89. The van der Waals surface area contributed by atoms with Crippen molar-refractivity contribution in [1.82, 2.24) is 5.32 Å². The van der Waals surface area contributed by atoms with E-state index in [9.17, 15) is 4.79 Å². The number of carbonyl (C=O) groups is 1. The molecule has 0 aromatic heterocycles. The SMILES string of the molecule is CCOc1ccc(C(=O)N[C@@H](C)c2cc(OC)ccc2OC)cc1OCC. The summed E-state index contributed by atoms with van der Waals surface area (Å²) >= 11 is 0. The predicted molar refractivity (Wildman–Crippen MR) is 104 cm³/mol. The summed E-state index contributed by atoms with van der Waals surface area (Å²) in [6, 6.07) is 10.4. The van der Waals surface area contributed by atoms with Crippen LogP contribution >= 0.6 is 0 Å². The normalized spacial score (nSPS) is 11.4. The van der Waals surface area contributed by atoms with Gasteiger partial charge >= 0.3 is 0 Å². The molecule has 6 nitrogen and oxygen atoms in total. The van der Waals surface area contributed by atoms with Crippen LogP contribution in [-0.4, -0.2) is 33.3 Å². The minimum Gasteiger partial charge on any atom is -0.497 e. The van der Waals surface area contributed by atoms with Crippen molar-refractivity contribution in [2.45, 2.75) is 26.8 Å². The highest BCUT2D eigenvalue weighted by Crippen LogP contribution is 2.31. The molecule has 2 rings (SSSR count). The molecule has 146 valence electrons. The summed E-state index contributed by atoms with van der Waals surface area (Å²) in [7, 11) is 3.20. The quantitative estimate of drug-likeness (QED) is 0.720. The van der Waals surface area contributed by atoms with Crippen LogP contribution in [0.3, 0.4) is 0 Å². The van der Waals surface area contributed by atoms with Gasteiger partial charge in [0.2, 0.25) is 0 Å². The molecular weight excluding hydrogens is 346 g/mol. The summed E-state index contributed by atoms with van der Waals surface area (Å²) in [5.74, 6) is 2.35. The molecule has 1 amide bonds. The van der Waals surface area contributed by atoms with Gasteiger partial charge in [0.1, 0.15) is 11.5 Å². The second-order valence-corrected chi connectivity index (χ2v) is 5.83. The number of hydrogen-bond acceptors (Lipinski definition) is 5. The van der Waals surface area contributed by atoms with Crippen molar-refractivity contribution >= 4 is 5.91 Å². The lowest BCUT2D eigenvalue weighted by Gasteiger charge is -2.19. The average molecular weight is 373 g/mol. The zero-order valence-corrected chi connectivity index (χ0v) is 16.5. The van der Waals surface area contributed by atoms with Gasteiger partial charge in [-0.15, -0.1) is 0 Å². The zero-order valence-electron chi connectivity index (χ0n) is 16.5. The maximum atomic E-state index is 12.7. The van der Waals surface area contributed by atoms with E-state index in [1.807, 2.05) is 39.0 Å². The van der Waals surface area contributed by atoms with Crippen molar-refractivity contribution in [2.75, 3.05) is 27.4 Å². The molecule has 6 heteroatoms. The molecule has 0 aliphatic carbocycles. The Kier molecular flexibility index (Phi) is 7.34. The van der Waals surface area contributed by atoms with Crippen LogP contribution in [0.15, 0.2) is 36.4 Å². The lowest BCUT2D eigenvalue weighted by molar-refractivity contribution is 0.0939. The highest BCUT2D eigenvalue weighted by Gasteiger charge is 2.18. The van der Waals surface area contributed by atoms with Gasteiger partial charge < -0.3 is 24.3 Å². The smallest absolute Gasteiger partial charge is 0.251 e. The van der Waals surface area contributed by atoms with E-state index in [-0.39, 0.29) is 11.9 Å². The Balaban J connectivity index is 2.22. The Morgan fingerprint density at radius 1 is 0.926 bits per heavy atom. The molecule has 0 heterocycles. The molecule has 2 aromatic carbocycles. The van der Waals surface area contributed by atoms with Gasteiger partial charge in [0, 0.05) is 11.1 Å². The van der Waals surface area contributed by atoms with Gasteiger partial charge in [0.25, 0.3) is 5.91 Å². The van der Waals surface area contributed by atoms with Crippen LogP contribution in [0.25, 0.3) is 0 Å². The summed E-state index contributed by atoms with van der Waals surface area (Å²) in [5.41, 5.74) is 1.33. The highest BCUT2D eigenvalue weighted by molar-refractivity contribution is 5.95. The molecule has 2 aromatic rings. The number of nitrogens with one attached hydrogen (secondary N) is 1. The monoisotopic (exact) mass is 373 g/mol. The van der Waals surface area contributed by atoms with Gasteiger partial charge in [-0.3, -0.25) is 4.79 Å². The summed E-state index contributed by atoms with van der Waals surface area (Å²) in [6.45, 7) is 6.70. The number of carbonyl (C=O) groups excluding carboxylic acids is 1. The summed E-state index contributed by atoms with van der Waals surface area (Å²) in [6.07, 6.45) is 0. The van der Waals surface area contributed by atoms with Gasteiger partial charge in [-0.2, -0.15) is 0 Å². The average Bonchev–Trinajstić information content (AvgIpc) is 2.68. The Morgan fingerprint density at radius 3 is 2.22 bits per heavy atom. The maximum Gasteiger partial charge on any atom is 0.251 e. The van der Waals surface area contributed by atoms with Crippen LogP contribution < -0.4 is 24.3 Å². The Labute approximate surface area is 160 Å². The summed E-state index contributed by atoms with van der Waals surface area (Å²) < 4.78 is 21.8. The molecule has 1 N–H and O–H groups in total. The third kappa shape index (κ3) is 5.06. The molecule has 0 saturated heterocycles. The van der Waals surface area contributed by atoms with Crippen molar-refractivity contribution in [3.05, 3.63) is 47.5 Å². The molecule has 0 bridgehead atoms. The number of methoxy groups -OCH3 is 2. The maximum absolute atomic E-state index is 12.7. The first kappa shape index (κ1) is 20.4. The molecule has 0 unspecified atom stereocenters. The summed E-state index contributed by atoms with van der Waals surface area (Å²) in [4.78, 5) is 12.7. The standard InChI is InChI=1S/C21H27NO5/c1-6-26-19-10-8-15(12-20(19)27-7-2)21(23)22-14(3)17-13-16(24-4)9-11-18(17)25-5/h8-14H,6-7H2,1-5H3,(H,22,23)/t14-/m0/s1. The molecule has 0 radical (unpaired) electrons. The topological polar surface area (TPSA) is 66.0 Å². The number of ether oxygens (including phenoxy) is 4. The second kappa shape index (κ2) is 9.71. The fourth-order valence-electron chi connectivity index (χ4n) is 2.73. The van der Waals surface area contributed by atoms with E-state index in [0.29, 0.717) is 41.8 Å². The van der Waals surface area contributed by atoms with Crippen LogP contribution in [-0.2, 0) is 0 Å². The van der Waals surface area contributed by atoms with Crippen LogP contribution in [0, 0.1) is 0 Å². The van der Waals surface area contributed by atoms with Gasteiger partial charge in [0.15, 0.2) is 11.5 Å². The van der Waals surface area contributed by atoms with E-state index in [2.05, 4.69) is 5.32 Å². The van der Waals surface area contributed by atoms with E-state index < -0.39 is 0 Å². The second-order valence-electron chi connectivity index (χ2n) is 5.83. The minimum absolute atomic E-state index is 0.212. The van der Waals surface area contributed by atoms with Gasteiger partial charge in [-0.1, -0.05) is 0 Å². The Morgan fingerprint density at radius 2 is 1.59 bits per heavy atom. The molecule has 27 heavy (non-hydrogen) atoms. The van der Waals surface area contributed by atoms with E-state index in [4.69, 9.17) is 18.9 Å². The van der Waals surface area contributed by atoms with Crippen molar-refractivity contribution < 1.29 is 23.7 Å². The van der Waals surface area contributed by atoms with Crippen molar-refractivity contribution in [2.24, 2.45) is 0 Å². The van der Waals surface area contributed by atoms with Crippen LogP contribution in [0.4, 0.5) is 0 Å². The van der Waals surface area contributed by atoms with Crippen molar-refractivity contribution in [3.63, 3.8) is 0 Å². The molecule has 0 aliphatic heterocycles. The fourth-order valence-corrected chi connectivity index (χ4v) is 2.73. The van der Waals surface area contributed by atoms with E-state index in [1.165, 1.54) is 0 Å². The van der Waals surface area contributed by atoms with Crippen LogP contribution in [0.1, 0.15) is 42.7 Å². The first-order valence-corrected chi connectivity index (χ1v) is 8.96. The van der Waals surface area contributed by atoms with Gasteiger partial charge in [0.05, 0.1) is 33.5 Å². The zero-order chi connectivity index (χ0) is 19.8. The van der Waals surface area contributed by atoms with Gasteiger partial charge in [-0.05, 0) is 57.2 Å². The lowest BCUT2D eigenvalue weighted by atomic mass is 10.1. The number of benzene rings is 2. The van der Waals surface area contributed by atoms with Crippen molar-refractivity contribution in [1.29, 1.82) is 0 Å². The Bertz CT molecular complexity index is 775. The first-order chi connectivity index (χ1) is 13.0. The van der Waals surface area contributed by atoms with E-state index >= 15 is 0 Å². The summed E-state index contributed by atoms with van der Waals surface area (Å²) in [5, 5.41) is 2.99. The molecular formula is C21H27NO5. The molecule has 0 saturated carbocycles. The molecule has 0 spiro atoms. The molecule has 1 atom stereocenters. The highest BCUT2D eigenvalue weighted by atomic mass is 16.5. The first-order valence-electron chi connectivity index (χ1n) is 8.96.